The molecule has 1 saturated heterocycles. The zero-order valence-electron chi connectivity index (χ0n) is 35.3. The molecule has 320 valence electrons. The smallest absolute Gasteiger partial charge is 0.415 e. The SMILES string of the molecule is O=C(Oc1ccccc1)N1CCc2cc(-c3cc(C(=O)N(c4ccccc4)c4ccc(O)cc4)c4n3CCCC4)c(C(=O)N3Cc4ccccc4C[C@H]3CN3CCOCC3)cc2C1. The van der Waals surface area contributed by atoms with E-state index in [0.717, 1.165) is 79.0 Å². The molecule has 0 aliphatic carbocycles. The second-order valence-corrected chi connectivity index (χ2v) is 17.0. The molecule has 4 aliphatic heterocycles. The van der Waals surface area contributed by atoms with Crippen molar-refractivity contribution in [1.82, 2.24) is 19.3 Å². The Labute approximate surface area is 367 Å². The molecule has 10 rings (SSSR count). The molecule has 0 radical (unpaired) electrons. The van der Waals surface area contributed by atoms with Crippen molar-refractivity contribution >= 4 is 29.3 Å². The highest BCUT2D eigenvalue weighted by Gasteiger charge is 2.36. The summed E-state index contributed by atoms with van der Waals surface area (Å²) in [6.45, 7) is 5.66. The van der Waals surface area contributed by atoms with Crippen LogP contribution in [0.3, 0.4) is 0 Å². The largest absolute Gasteiger partial charge is 0.508 e. The number of phenolic OH excluding ortho intramolecular Hbond substituents is 1. The summed E-state index contributed by atoms with van der Waals surface area (Å²) in [5.74, 6) is 0.350. The van der Waals surface area contributed by atoms with Gasteiger partial charge in [-0.25, -0.2) is 4.79 Å². The highest BCUT2D eigenvalue weighted by Crippen LogP contribution is 2.39. The van der Waals surface area contributed by atoms with E-state index in [-0.39, 0.29) is 23.6 Å². The molecule has 0 spiro atoms. The molecule has 1 fully saturated rings. The number of anilines is 2. The summed E-state index contributed by atoms with van der Waals surface area (Å²) in [6, 6.07) is 39.9. The third-order valence-corrected chi connectivity index (χ3v) is 13.1. The Kier molecular flexibility index (Phi) is 11.3. The molecule has 1 atom stereocenters. The number of nitrogens with zero attached hydrogens (tertiary/aromatic N) is 5. The standard InChI is InChI=1S/C52H51N5O6/c58-43-20-18-41(19-21-43)57(40-13-3-1-4-14-40)51(60)47-32-49(55-23-10-9-17-48(47)55)45-30-37-22-24-54(52(61)63-44-15-5-2-6-16-44)33-39(37)31-46(45)50(59)56-34-38-12-8-7-11-36(38)29-42(56)35-53-25-27-62-28-26-53/h1-8,11-16,18-21,30-32,42,58H,9-10,17,22-29,33-35H2/t42-/m0/s1. The van der Waals surface area contributed by atoms with E-state index >= 15 is 9.59 Å². The van der Waals surface area contributed by atoms with Crippen LogP contribution in [0.2, 0.25) is 0 Å². The van der Waals surface area contributed by atoms with E-state index < -0.39 is 6.09 Å². The highest BCUT2D eigenvalue weighted by molar-refractivity contribution is 6.12. The van der Waals surface area contributed by atoms with Crippen LogP contribution in [-0.4, -0.2) is 87.7 Å². The zero-order chi connectivity index (χ0) is 42.9. The number of carbonyl (C=O) groups is 3. The van der Waals surface area contributed by atoms with Crippen LogP contribution in [0.5, 0.6) is 11.5 Å². The summed E-state index contributed by atoms with van der Waals surface area (Å²) < 4.78 is 13.7. The lowest BCUT2D eigenvalue weighted by Crippen LogP contribution is -2.52. The molecule has 0 saturated carbocycles. The summed E-state index contributed by atoms with van der Waals surface area (Å²) in [5, 5.41) is 10.2. The van der Waals surface area contributed by atoms with E-state index in [1.165, 1.54) is 5.56 Å². The van der Waals surface area contributed by atoms with Crippen LogP contribution in [0.15, 0.2) is 127 Å². The number of amides is 3. The topological polar surface area (TPSA) is 108 Å². The van der Waals surface area contributed by atoms with Gasteiger partial charge in [0, 0.05) is 85.7 Å². The lowest BCUT2D eigenvalue weighted by atomic mass is 9.89. The Morgan fingerprint density at radius 1 is 0.683 bits per heavy atom. The van der Waals surface area contributed by atoms with Gasteiger partial charge in [-0.05, 0) is 121 Å². The number of ether oxygens (including phenoxy) is 2. The van der Waals surface area contributed by atoms with Gasteiger partial charge in [0.25, 0.3) is 11.8 Å². The van der Waals surface area contributed by atoms with Crippen molar-refractivity contribution in [1.29, 1.82) is 0 Å². The number of hydrogen-bond donors (Lipinski definition) is 1. The lowest BCUT2D eigenvalue weighted by Gasteiger charge is -2.41. The quantitative estimate of drug-likeness (QED) is 0.164. The molecule has 6 aromatic rings. The first kappa shape index (κ1) is 40.4. The van der Waals surface area contributed by atoms with E-state index in [9.17, 15) is 9.90 Å². The first-order chi connectivity index (χ1) is 30.9. The van der Waals surface area contributed by atoms with Crippen molar-refractivity contribution in [3.8, 4) is 22.8 Å². The van der Waals surface area contributed by atoms with Gasteiger partial charge in [-0.3, -0.25) is 19.4 Å². The summed E-state index contributed by atoms with van der Waals surface area (Å²) in [7, 11) is 0. The average molecular weight is 842 g/mol. The number of aromatic nitrogens is 1. The van der Waals surface area contributed by atoms with Gasteiger partial charge in [-0.2, -0.15) is 0 Å². The second kappa shape index (κ2) is 17.6. The number of phenols is 1. The average Bonchev–Trinajstić information content (AvgIpc) is 3.72. The van der Waals surface area contributed by atoms with Gasteiger partial charge >= 0.3 is 6.09 Å². The Morgan fingerprint density at radius 3 is 2.17 bits per heavy atom. The van der Waals surface area contributed by atoms with Crippen LogP contribution < -0.4 is 9.64 Å². The molecule has 5 heterocycles. The van der Waals surface area contributed by atoms with Crippen LogP contribution in [0, 0.1) is 0 Å². The maximum Gasteiger partial charge on any atom is 0.415 e. The maximum atomic E-state index is 15.7. The van der Waals surface area contributed by atoms with Crippen LogP contribution in [0.4, 0.5) is 16.2 Å². The van der Waals surface area contributed by atoms with Crippen LogP contribution in [0.25, 0.3) is 11.3 Å². The minimum atomic E-state index is -0.428. The third-order valence-electron chi connectivity index (χ3n) is 13.1. The molecular formula is C52H51N5O6. The van der Waals surface area contributed by atoms with Gasteiger partial charge in [0.05, 0.1) is 18.8 Å². The van der Waals surface area contributed by atoms with E-state index in [0.29, 0.717) is 74.1 Å². The molecule has 63 heavy (non-hydrogen) atoms. The summed E-state index contributed by atoms with van der Waals surface area (Å²) in [6.07, 6.45) is 3.50. The Bertz CT molecular complexity index is 2640. The number of para-hydroxylation sites is 2. The number of aromatic hydroxyl groups is 1. The number of hydrogen-bond acceptors (Lipinski definition) is 7. The third kappa shape index (κ3) is 8.22. The molecule has 1 N–H and O–H groups in total. The zero-order valence-corrected chi connectivity index (χ0v) is 35.3. The number of benzene rings is 5. The van der Waals surface area contributed by atoms with Crippen LogP contribution in [0.1, 0.15) is 61.5 Å². The van der Waals surface area contributed by atoms with Crippen LogP contribution >= 0.6 is 0 Å². The minimum Gasteiger partial charge on any atom is -0.508 e. The number of fused-ring (bicyclic) bond motifs is 3. The molecular weight excluding hydrogens is 791 g/mol. The Balaban J connectivity index is 1.08. The van der Waals surface area contributed by atoms with Crippen LogP contribution in [-0.2, 0) is 43.6 Å². The van der Waals surface area contributed by atoms with Gasteiger partial charge in [0.1, 0.15) is 11.5 Å². The number of morpholine rings is 1. The van der Waals surface area contributed by atoms with E-state index in [1.807, 2.05) is 66.7 Å². The molecule has 0 bridgehead atoms. The lowest BCUT2D eigenvalue weighted by molar-refractivity contribution is 0.0193. The van der Waals surface area contributed by atoms with Crippen molar-refractivity contribution in [3.05, 3.63) is 166 Å². The highest BCUT2D eigenvalue weighted by atomic mass is 16.6. The number of rotatable bonds is 8. The molecule has 11 nitrogen and oxygen atoms in total. The molecule has 4 aliphatic rings. The minimum absolute atomic E-state index is 0.0706. The fraction of sp³-hybridized carbons (Fsp3) is 0.288. The Hall–Kier alpha value is -6.69. The van der Waals surface area contributed by atoms with Crippen molar-refractivity contribution in [2.75, 3.05) is 44.3 Å². The summed E-state index contributed by atoms with van der Waals surface area (Å²) >= 11 is 0. The maximum absolute atomic E-state index is 15.7. The van der Waals surface area contributed by atoms with Gasteiger partial charge in [0.2, 0.25) is 0 Å². The molecule has 11 heteroatoms. The molecule has 3 amide bonds. The van der Waals surface area contributed by atoms with E-state index in [2.05, 4.69) is 38.6 Å². The fourth-order valence-electron chi connectivity index (χ4n) is 9.80. The van der Waals surface area contributed by atoms with Gasteiger partial charge in [0.15, 0.2) is 0 Å². The van der Waals surface area contributed by atoms with E-state index in [1.54, 1.807) is 46.2 Å². The summed E-state index contributed by atoms with van der Waals surface area (Å²) in [4.78, 5) is 52.2. The van der Waals surface area contributed by atoms with Crippen molar-refractivity contribution in [2.24, 2.45) is 0 Å². The first-order valence-electron chi connectivity index (χ1n) is 22.1. The number of carbonyl (C=O) groups excluding carboxylic acids is 3. The van der Waals surface area contributed by atoms with E-state index in [4.69, 9.17) is 9.47 Å². The molecule has 0 unspecified atom stereocenters. The second-order valence-electron chi connectivity index (χ2n) is 17.0. The van der Waals surface area contributed by atoms with Crippen molar-refractivity contribution in [3.63, 3.8) is 0 Å². The fourth-order valence-corrected chi connectivity index (χ4v) is 9.80. The van der Waals surface area contributed by atoms with Crippen molar-refractivity contribution < 1.29 is 29.0 Å². The predicted octanol–water partition coefficient (Wildman–Crippen LogP) is 8.63. The summed E-state index contributed by atoms with van der Waals surface area (Å²) in [5.41, 5.74) is 9.45. The first-order valence-corrected chi connectivity index (χ1v) is 22.1. The molecule has 5 aromatic carbocycles. The van der Waals surface area contributed by atoms with Gasteiger partial charge in [-0.15, -0.1) is 0 Å². The monoisotopic (exact) mass is 841 g/mol. The van der Waals surface area contributed by atoms with Gasteiger partial charge in [-0.1, -0.05) is 60.7 Å². The predicted molar refractivity (Wildman–Crippen MR) is 241 cm³/mol. The Morgan fingerprint density at radius 2 is 1.40 bits per heavy atom. The normalized spacial score (nSPS) is 17.3. The van der Waals surface area contributed by atoms with Crippen molar-refractivity contribution in [2.45, 2.75) is 57.8 Å². The molecule has 1 aromatic heterocycles. The van der Waals surface area contributed by atoms with Gasteiger partial charge < -0.3 is 28.9 Å².